The molecule has 0 radical (unpaired) electrons. The molecule has 0 fully saturated rings. The minimum absolute atomic E-state index is 0. The summed E-state index contributed by atoms with van der Waals surface area (Å²) in [6.45, 7) is 1.48. The number of aromatic hydroxyl groups is 3. The Hall–Kier alpha value is -4.20. The van der Waals surface area contributed by atoms with E-state index < -0.39 is 47.5 Å². The van der Waals surface area contributed by atoms with Crippen molar-refractivity contribution in [3.8, 4) is 22.9 Å². The van der Waals surface area contributed by atoms with Gasteiger partial charge in [-0.1, -0.05) is 42.9 Å². The molecule has 0 aliphatic heterocycles. The van der Waals surface area contributed by atoms with Crippen molar-refractivity contribution in [1.29, 1.82) is 0 Å². The standard InChI is InChI=1S/C16H12N5O7S.C13H10N2O4.Cr.2Na/c1-9-14(16(23)20(19-9)10-5-3-2-4-6-10)18-17-12-7-11(29(26,27)28)8-13(15(12)22)21(24)25;16-12-4-2-1-3-9(12)8-14-11-7-10(15(18)19)5-6-13(11)17;;;/h2-8,22H,1H3,(H,26,27,28);1-8,16-17H;;;/q-1;;;2*+1. The largest absolute Gasteiger partial charge is 1.00 e. The number of hydrogen-bond donors (Lipinski definition) is 4. The molecule has 4 aromatic carbocycles. The quantitative estimate of drug-likeness (QED) is 0.0290. The van der Waals surface area contributed by atoms with Gasteiger partial charge in [0.1, 0.15) is 33.3 Å². The molecule has 22 heteroatoms. The summed E-state index contributed by atoms with van der Waals surface area (Å²) in [6.07, 6.45) is 1.33. The molecule has 0 amide bonds. The van der Waals surface area contributed by atoms with E-state index in [-0.39, 0.29) is 111 Å². The Morgan fingerprint density at radius 2 is 1.49 bits per heavy atom. The average molecular weight is 775 g/mol. The van der Waals surface area contributed by atoms with Crippen molar-refractivity contribution in [2.75, 3.05) is 0 Å². The summed E-state index contributed by atoms with van der Waals surface area (Å²) in [6, 6.07) is 19.6. The number of rotatable bonds is 8. The second-order valence-corrected chi connectivity index (χ2v) is 10.9. The van der Waals surface area contributed by atoms with E-state index in [2.05, 4.69) is 20.3 Å². The number of aliphatic imine (C=N–C) groups is 1. The van der Waals surface area contributed by atoms with Crippen LogP contribution in [0.5, 0.6) is 17.2 Å². The fourth-order valence-electron chi connectivity index (χ4n) is 3.87. The normalized spacial score (nSPS) is 10.7. The molecule has 0 unspecified atom stereocenters. The number of azo groups is 1. The maximum atomic E-state index is 12.5. The Labute approximate surface area is 343 Å². The van der Waals surface area contributed by atoms with Crippen LogP contribution in [0.25, 0.3) is 5.69 Å². The van der Waals surface area contributed by atoms with E-state index in [1.165, 1.54) is 31.3 Å². The molecule has 0 saturated carbocycles. The van der Waals surface area contributed by atoms with Crippen molar-refractivity contribution in [2.45, 2.75) is 11.8 Å². The number of para-hydroxylation sites is 2. The van der Waals surface area contributed by atoms with E-state index in [1.54, 1.807) is 48.5 Å². The minimum Gasteiger partial charge on any atom is -0.507 e. The van der Waals surface area contributed by atoms with E-state index in [4.69, 9.17) is 4.55 Å². The van der Waals surface area contributed by atoms with Gasteiger partial charge in [0, 0.05) is 47.3 Å². The first-order valence-electron chi connectivity index (χ1n) is 13.2. The SMILES string of the molecule is Cc1nn(-c2ccccc2)c(=O)[c-]1N=Nc1cc(S(=O)(=O)O)cc([N+](=O)[O-])c1O.O=[N+]([O-])c1ccc(O)c(N=Cc2ccccc2O)c1.[Cr].[Na+].[Na+]. The number of nitrogens with zero attached hydrogens (tertiary/aromatic N) is 7. The molecule has 4 N–H and O–H groups in total. The van der Waals surface area contributed by atoms with Crippen molar-refractivity contribution in [1.82, 2.24) is 9.78 Å². The zero-order valence-electron chi connectivity index (χ0n) is 26.8. The number of benzene rings is 4. The zero-order valence-corrected chi connectivity index (χ0v) is 32.8. The van der Waals surface area contributed by atoms with Gasteiger partial charge in [-0.2, -0.15) is 13.5 Å². The molecule has 0 aliphatic rings. The summed E-state index contributed by atoms with van der Waals surface area (Å²) in [5, 5.41) is 62.0. The maximum Gasteiger partial charge on any atom is 1.00 e. The van der Waals surface area contributed by atoms with Crippen LogP contribution in [0.1, 0.15) is 11.3 Å². The molecule has 0 bridgehead atoms. The van der Waals surface area contributed by atoms with E-state index in [9.17, 15) is 48.8 Å². The average Bonchev–Trinajstić information content (AvgIpc) is 3.33. The molecule has 0 spiro atoms. The van der Waals surface area contributed by atoms with Gasteiger partial charge in [0.15, 0.2) is 0 Å². The first kappa shape index (κ1) is 44.8. The monoisotopic (exact) mass is 774 g/mol. The summed E-state index contributed by atoms with van der Waals surface area (Å²) in [4.78, 5) is 35.6. The molecular formula is C29H22CrN7Na2O11S+. The first-order valence-corrected chi connectivity index (χ1v) is 14.6. The van der Waals surface area contributed by atoms with Crippen LogP contribution in [0, 0.1) is 27.2 Å². The molecule has 0 saturated heterocycles. The number of nitro benzene ring substituents is 2. The summed E-state index contributed by atoms with van der Waals surface area (Å²) in [5.74, 6) is -1.11. The van der Waals surface area contributed by atoms with E-state index in [0.717, 1.165) is 10.7 Å². The van der Waals surface area contributed by atoms with E-state index >= 15 is 0 Å². The van der Waals surface area contributed by atoms with Crippen LogP contribution in [0.3, 0.4) is 0 Å². The predicted molar refractivity (Wildman–Crippen MR) is 169 cm³/mol. The van der Waals surface area contributed by atoms with E-state index in [0.29, 0.717) is 23.4 Å². The number of phenols is 3. The number of aromatic nitrogens is 2. The summed E-state index contributed by atoms with van der Waals surface area (Å²) in [5.41, 5.74) is -1.48. The molecular weight excluding hydrogens is 752 g/mol. The Bertz CT molecular complexity index is 2270. The molecule has 5 rings (SSSR count). The topological polar surface area (TPSA) is 273 Å². The van der Waals surface area contributed by atoms with Crippen LogP contribution < -0.4 is 64.7 Å². The predicted octanol–water partition coefficient (Wildman–Crippen LogP) is -0.702. The fraction of sp³-hybridized carbons (Fsp3) is 0.0345. The molecule has 5 aromatic rings. The Balaban J connectivity index is 0.000000519. The van der Waals surface area contributed by atoms with Gasteiger partial charge >= 0.3 is 64.8 Å². The van der Waals surface area contributed by atoms with Gasteiger partial charge in [0.25, 0.3) is 15.8 Å². The van der Waals surface area contributed by atoms with Gasteiger partial charge in [-0.25, -0.2) is 9.78 Å². The molecule has 18 nitrogen and oxygen atoms in total. The van der Waals surface area contributed by atoms with Crippen molar-refractivity contribution < 1.29 is 115 Å². The third-order valence-corrected chi connectivity index (χ3v) is 7.06. The third-order valence-electron chi connectivity index (χ3n) is 6.23. The zero-order chi connectivity index (χ0) is 35.2. The number of aryl methyl sites for hydroxylation is 1. The fourth-order valence-corrected chi connectivity index (χ4v) is 4.39. The molecule has 0 atom stereocenters. The number of hydrogen-bond acceptors (Lipinski definition) is 14. The molecule has 252 valence electrons. The van der Waals surface area contributed by atoms with Crippen LogP contribution in [-0.4, -0.2) is 54.1 Å². The smallest absolute Gasteiger partial charge is 0.507 e. The van der Waals surface area contributed by atoms with Crippen molar-refractivity contribution in [3.63, 3.8) is 0 Å². The van der Waals surface area contributed by atoms with Crippen LogP contribution in [0.2, 0.25) is 0 Å². The van der Waals surface area contributed by atoms with Crippen molar-refractivity contribution >= 4 is 44.8 Å². The van der Waals surface area contributed by atoms with E-state index in [1.807, 2.05) is 0 Å². The number of non-ortho nitro benzene ring substituents is 1. The second kappa shape index (κ2) is 19.4. The molecule has 1 aromatic heterocycles. The Kier molecular flexibility index (Phi) is 17.1. The summed E-state index contributed by atoms with van der Waals surface area (Å²) in [7, 11) is -4.82. The van der Waals surface area contributed by atoms with Crippen LogP contribution in [0.4, 0.5) is 28.4 Å². The summed E-state index contributed by atoms with van der Waals surface area (Å²) < 4.78 is 32.9. The first-order chi connectivity index (χ1) is 22.7. The number of phenolic OH excluding ortho intramolecular Hbond substituents is 3. The minimum atomic E-state index is -4.82. The second-order valence-electron chi connectivity index (χ2n) is 9.48. The van der Waals surface area contributed by atoms with Gasteiger partial charge in [0.05, 0.1) is 15.5 Å². The Morgan fingerprint density at radius 3 is 2.08 bits per heavy atom. The van der Waals surface area contributed by atoms with Gasteiger partial charge in [-0.3, -0.25) is 29.8 Å². The van der Waals surface area contributed by atoms with Crippen molar-refractivity contribution in [3.05, 3.63) is 127 Å². The van der Waals surface area contributed by atoms with Gasteiger partial charge in [0.2, 0.25) is 5.75 Å². The Morgan fingerprint density at radius 1 is 0.863 bits per heavy atom. The van der Waals surface area contributed by atoms with Crippen molar-refractivity contribution in [2.24, 2.45) is 15.2 Å². The van der Waals surface area contributed by atoms with Gasteiger partial charge in [-0.15, -0.1) is 5.69 Å². The molecule has 0 aliphatic carbocycles. The van der Waals surface area contributed by atoms with Crippen LogP contribution >= 0.6 is 0 Å². The maximum absolute atomic E-state index is 12.5. The molecule has 1 heterocycles. The van der Waals surface area contributed by atoms with Gasteiger partial charge in [-0.05, 0) is 36.4 Å². The summed E-state index contributed by atoms with van der Waals surface area (Å²) >= 11 is 0. The third kappa shape index (κ3) is 11.4. The van der Waals surface area contributed by atoms with Gasteiger partial charge < -0.3 is 25.2 Å². The molecule has 51 heavy (non-hydrogen) atoms. The van der Waals surface area contributed by atoms with Crippen LogP contribution in [-0.2, 0) is 27.5 Å². The van der Waals surface area contributed by atoms with Crippen LogP contribution in [0.15, 0.2) is 110 Å². The number of nitro groups is 2.